The van der Waals surface area contributed by atoms with Gasteiger partial charge in [-0.05, 0) is 32.4 Å². The van der Waals surface area contributed by atoms with Crippen molar-refractivity contribution in [2.24, 2.45) is 0 Å². The number of ether oxygens (including phenoxy) is 1. The van der Waals surface area contributed by atoms with Gasteiger partial charge in [-0.3, -0.25) is 14.2 Å². The van der Waals surface area contributed by atoms with E-state index >= 15 is 0 Å². The molecule has 2 aromatic rings. The van der Waals surface area contributed by atoms with Crippen LogP contribution in [-0.4, -0.2) is 41.0 Å². The molecule has 0 fully saturated rings. The van der Waals surface area contributed by atoms with E-state index in [1.165, 1.54) is 11.8 Å². The number of thioether (sulfide) groups is 1. The molecule has 0 saturated heterocycles. The van der Waals surface area contributed by atoms with Gasteiger partial charge in [0.05, 0.1) is 29.3 Å². The molecule has 1 aromatic carbocycles. The Morgan fingerprint density at radius 1 is 1.36 bits per heavy atom. The number of aromatic nitrogens is 2. The van der Waals surface area contributed by atoms with E-state index in [9.17, 15) is 9.59 Å². The summed E-state index contributed by atoms with van der Waals surface area (Å²) in [6.45, 7) is 6.29. The largest absolute Gasteiger partial charge is 0.383 e. The molecule has 2 atom stereocenters. The van der Waals surface area contributed by atoms with E-state index in [4.69, 9.17) is 4.74 Å². The molecule has 0 radical (unpaired) electrons. The van der Waals surface area contributed by atoms with Crippen molar-refractivity contribution in [1.82, 2.24) is 14.9 Å². The number of nitrogens with one attached hydrogen (secondary N) is 1. The summed E-state index contributed by atoms with van der Waals surface area (Å²) in [6, 6.07) is 7.21. The Labute approximate surface area is 152 Å². The van der Waals surface area contributed by atoms with Crippen LogP contribution >= 0.6 is 11.8 Å². The lowest BCUT2D eigenvalue weighted by Crippen LogP contribution is -2.34. The van der Waals surface area contributed by atoms with Crippen molar-refractivity contribution < 1.29 is 9.53 Å². The monoisotopic (exact) mass is 363 g/mol. The van der Waals surface area contributed by atoms with Crippen LogP contribution in [0.4, 0.5) is 0 Å². The van der Waals surface area contributed by atoms with Crippen LogP contribution in [0.3, 0.4) is 0 Å². The minimum absolute atomic E-state index is 0.0623. The van der Waals surface area contributed by atoms with Gasteiger partial charge < -0.3 is 10.1 Å². The molecule has 7 heteroatoms. The average Bonchev–Trinajstić information content (AvgIpc) is 2.60. The molecule has 1 heterocycles. The lowest BCUT2D eigenvalue weighted by Gasteiger charge is -2.19. The van der Waals surface area contributed by atoms with E-state index in [-0.39, 0.29) is 29.3 Å². The molecule has 1 N–H and O–H groups in total. The molecule has 0 aliphatic rings. The fourth-order valence-electron chi connectivity index (χ4n) is 2.48. The molecule has 0 aliphatic carbocycles. The number of para-hydroxylation sites is 1. The molecule has 136 valence electrons. The lowest BCUT2D eigenvalue weighted by atomic mass is 10.2. The van der Waals surface area contributed by atoms with Crippen LogP contribution in [0.1, 0.15) is 33.2 Å². The highest BCUT2D eigenvalue weighted by atomic mass is 32.2. The number of carbonyl (C=O) groups is 1. The molecular weight excluding hydrogens is 338 g/mol. The molecule has 25 heavy (non-hydrogen) atoms. The van der Waals surface area contributed by atoms with Gasteiger partial charge in [-0.15, -0.1) is 0 Å². The first-order valence-electron chi connectivity index (χ1n) is 8.40. The van der Waals surface area contributed by atoms with Gasteiger partial charge in [-0.25, -0.2) is 4.98 Å². The zero-order chi connectivity index (χ0) is 18.4. The number of nitrogens with zero attached hydrogens (tertiary/aromatic N) is 2. The second-order valence-electron chi connectivity index (χ2n) is 6.06. The molecule has 1 amide bonds. The summed E-state index contributed by atoms with van der Waals surface area (Å²) < 4.78 is 6.81. The Hall–Kier alpha value is -1.86. The second-order valence-corrected chi connectivity index (χ2v) is 7.00. The summed E-state index contributed by atoms with van der Waals surface area (Å²) in [4.78, 5) is 29.6. The standard InChI is InChI=1S/C18H25N3O3S/c1-5-12(2)19-16(22)11-25-18-20-15-9-7-6-8-14(15)17(23)21(18)13(3)10-24-4/h6-9,12-13H,5,10-11H2,1-4H3,(H,19,22)/t12-,13-/m0/s1. The second kappa shape index (κ2) is 9.01. The van der Waals surface area contributed by atoms with Crippen LogP contribution in [0.2, 0.25) is 0 Å². The highest BCUT2D eigenvalue weighted by Gasteiger charge is 2.17. The van der Waals surface area contributed by atoms with Gasteiger partial charge in [0.1, 0.15) is 0 Å². The topological polar surface area (TPSA) is 73.2 Å². The lowest BCUT2D eigenvalue weighted by molar-refractivity contribution is -0.119. The van der Waals surface area contributed by atoms with Crippen LogP contribution < -0.4 is 10.9 Å². The molecule has 0 aliphatic heterocycles. The number of fused-ring (bicyclic) bond motifs is 1. The van der Waals surface area contributed by atoms with Crippen molar-refractivity contribution in [3.8, 4) is 0 Å². The molecule has 0 unspecified atom stereocenters. The highest BCUT2D eigenvalue weighted by Crippen LogP contribution is 2.21. The fourth-order valence-corrected chi connectivity index (χ4v) is 3.39. The van der Waals surface area contributed by atoms with Gasteiger partial charge >= 0.3 is 0 Å². The SMILES string of the molecule is CC[C@H](C)NC(=O)CSc1nc2ccccc2c(=O)n1[C@@H](C)COC. The molecular formula is C18H25N3O3S. The maximum Gasteiger partial charge on any atom is 0.262 e. The third-order valence-corrected chi connectivity index (χ3v) is 4.93. The summed E-state index contributed by atoms with van der Waals surface area (Å²) in [5.74, 6) is 0.155. The number of hydrogen-bond acceptors (Lipinski definition) is 5. The molecule has 0 spiro atoms. The van der Waals surface area contributed by atoms with Crippen LogP contribution in [0.5, 0.6) is 0 Å². The average molecular weight is 363 g/mol. The predicted octanol–water partition coefficient (Wildman–Crippen LogP) is 2.61. The predicted molar refractivity (Wildman–Crippen MR) is 101 cm³/mol. The molecule has 0 bridgehead atoms. The van der Waals surface area contributed by atoms with Crippen LogP contribution in [0, 0.1) is 0 Å². The van der Waals surface area contributed by atoms with Crippen molar-refractivity contribution in [1.29, 1.82) is 0 Å². The van der Waals surface area contributed by atoms with Crippen molar-refractivity contribution >= 4 is 28.6 Å². The van der Waals surface area contributed by atoms with Gasteiger partial charge in [0.15, 0.2) is 5.16 Å². The first-order chi connectivity index (χ1) is 12.0. The van der Waals surface area contributed by atoms with E-state index in [2.05, 4.69) is 10.3 Å². The van der Waals surface area contributed by atoms with Gasteiger partial charge in [-0.1, -0.05) is 30.8 Å². The highest BCUT2D eigenvalue weighted by molar-refractivity contribution is 7.99. The zero-order valence-corrected chi connectivity index (χ0v) is 15.9. The zero-order valence-electron chi connectivity index (χ0n) is 15.1. The van der Waals surface area contributed by atoms with Crippen molar-refractivity contribution in [2.75, 3.05) is 19.5 Å². The molecule has 2 rings (SSSR count). The first-order valence-corrected chi connectivity index (χ1v) is 9.38. The van der Waals surface area contributed by atoms with E-state index in [0.29, 0.717) is 22.7 Å². The van der Waals surface area contributed by atoms with Crippen LogP contribution in [-0.2, 0) is 9.53 Å². The normalized spacial score (nSPS) is 13.6. The maximum absolute atomic E-state index is 12.9. The Balaban J connectivity index is 2.34. The number of benzene rings is 1. The summed E-state index contributed by atoms with van der Waals surface area (Å²) in [7, 11) is 1.60. The van der Waals surface area contributed by atoms with Gasteiger partial charge in [0.2, 0.25) is 5.91 Å². The Bertz CT molecular complexity index is 791. The fraction of sp³-hybridized carbons (Fsp3) is 0.500. The van der Waals surface area contributed by atoms with Crippen LogP contribution in [0.15, 0.2) is 34.2 Å². The number of carbonyl (C=O) groups excluding carboxylic acids is 1. The number of hydrogen-bond donors (Lipinski definition) is 1. The minimum atomic E-state index is -0.172. The van der Waals surface area contributed by atoms with Crippen molar-refractivity contribution in [3.63, 3.8) is 0 Å². The smallest absolute Gasteiger partial charge is 0.262 e. The number of amides is 1. The maximum atomic E-state index is 12.9. The molecule has 6 nitrogen and oxygen atoms in total. The van der Waals surface area contributed by atoms with E-state index in [0.717, 1.165) is 6.42 Å². The van der Waals surface area contributed by atoms with Crippen LogP contribution in [0.25, 0.3) is 10.9 Å². The summed E-state index contributed by atoms with van der Waals surface area (Å²) in [6.07, 6.45) is 0.875. The number of rotatable bonds is 8. The van der Waals surface area contributed by atoms with Crippen molar-refractivity contribution in [3.05, 3.63) is 34.6 Å². The quantitative estimate of drug-likeness (QED) is 0.576. The summed E-state index contributed by atoms with van der Waals surface area (Å²) in [5.41, 5.74) is 0.526. The van der Waals surface area contributed by atoms with Gasteiger partial charge in [-0.2, -0.15) is 0 Å². The first kappa shape index (κ1) is 19.5. The van der Waals surface area contributed by atoms with Crippen molar-refractivity contribution in [2.45, 2.75) is 44.4 Å². The Kier molecular flexibility index (Phi) is 7.01. The minimum Gasteiger partial charge on any atom is -0.383 e. The van der Waals surface area contributed by atoms with Gasteiger partial charge in [0.25, 0.3) is 5.56 Å². The summed E-state index contributed by atoms with van der Waals surface area (Å²) in [5, 5.41) is 4.03. The van der Waals surface area contributed by atoms with E-state index in [1.54, 1.807) is 17.7 Å². The summed E-state index contributed by atoms with van der Waals surface area (Å²) >= 11 is 1.28. The van der Waals surface area contributed by atoms with E-state index in [1.807, 2.05) is 39.0 Å². The molecule has 1 aromatic heterocycles. The third-order valence-electron chi connectivity index (χ3n) is 3.98. The Morgan fingerprint density at radius 3 is 2.76 bits per heavy atom. The number of methoxy groups -OCH3 is 1. The Morgan fingerprint density at radius 2 is 2.08 bits per heavy atom. The van der Waals surface area contributed by atoms with E-state index < -0.39 is 0 Å². The van der Waals surface area contributed by atoms with Gasteiger partial charge in [0, 0.05) is 13.2 Å². The molecule has 0 saturated carbocycles. The third kappa shape index (κ3) is 4.83.